The van der Waals surface area contributed by atoms with Crippen LogP contribution in [-0.4, -0.2) is 37.1 Å². The predicted molar refractivity (Wildman–Crippen MR) is 76.8 cm³/mol. The van der Waals surface area contributed by atoms with E-state index >= 15 is 0 Å². The molecule has 21 heavy (non-hydrogen) atoms. The predicted octanol–water partition coefficient (Wildman–Crippen LogP) is 1.07. The van der Waals surface area contributed by atoms with E-state index in [0.717, 1.165) is 12.1 Å². The molecule has 0 unspecified atom stereocenters. The molecule has 0 atom stereocenters. The lowest BCUT2D eigenvalue weighted by Gasteiger charge is -2.33. The minimum absolute atomic E-state index is 0.00928. The van der Waals surface area contributed by atoms with Crippen LogP contribution in [0.25, 0.3) is 0 Å². The van der Waals surface area contributed by atoms with Crippen LogP contribution in [0, 0.1) is 11.7 Å². The summed E-state index contributed by atoms with van der Waals surface area (Å²) in [6.45, 7) is 1.16. The second kappa shape index (κ2) is 5.99. The lowest BCUT2D eigenvalue weighted by Crippen LogP contribution is -2.39. The summed E-state index contributed by atoms with van der Waals surface area (Å²) in [5.74, 6) is -2.19. The van der Waals surface area contributed by atoms with Gasteiger partial charge in [-0.15, -0.1) is 0 Å². The molecule has 1 aromatic carbocycles. The normalized spacial score (nSPS) is 15.8. The summed E-state index contributed by atoms with van der Waals surface area (Å²) in [6.07, 6.45) is 1.31. The van der Waals surface area contributed by atoms with Crippen molar-refractivity contribution < 1.29 is 19.1 Å². The summed E-state index contributed by atoms with van der Waals surface area (Å²) < 4.78 is 13.8. The number of carboxylic acid groups (broad SMARTS) is 1. The number of benzene rings is 1. The van der Waals surface area contributed by atoms with Gasteiger partial charge in [-0.05, 0) is 18.9 Å². The number of nitrogens with zero attached hydrogens (tertiary/aromatic N) is 1. The summed E-state index contributed by atoms with van der Waals surface area (Å²) in [5.41, 5.74) is 6.10. The molecule has 1 amide bonds. The van der Waals surface area contributed by atoms with E-state index in [-0.39, 0.29) is 17.5 Å². The van der Waals surface area contributed by atoms with Gasteiger partial charge in [0.15, 0.2) is 0 Å². The number of halogens is 1. The average Bonchev–Trinajstić information content (AvgIpc) is 2.48. The molecule has 7 heteroatoms. The number of rotatable bonds is 3. The van der Waals surface area contributed by atoms with Crippen molar-refractivity contribution in [3.8, 4) is 0 Å². The average molecular weight is 295 g/mol. The maximum Gasteiger partial charge on any atom is 0.338 e. The van der Waals surface area contributed by atoms with Crippen LogP contribution in [0.1, 0.15) is 23.2 Å². The Morgan fingerprint density at radius 3 is 2.52 bits per heavy atom. The monoisotopic (exact) mass is 295 g/mol. The Balaban J connectivity index is 2.16. The molecule has 0 spiro atoms. The van der Waals surface area contributed by atoms with E-state index in [1.807, 2.05) is 4.90 Å². The molecule has 0 aliphatic carbocycles. The first-order valence-corrected chi connectivity index (χ1v) is 6.73. The van der Waals surface area contributed by atoms with Crippen molar-refractivity contribution in [2.75, 3.05) is 30.8 Å². The van der Waals surface area contributed by atoms with E-state index in [1.54, 1.807) is 7.05 Å². The van der Waals surface area contributed by atoms with E-state index < -0.39 is 17.3 Å². The summed E-state index contributed by atoms with van der Waals surface area (Å²) >= 11 is 0. The van der Waals surface area contributed by atoms with Crippen molar-refractivity contribution in [3.63, 3.8) is 0 Å². The summed E-state index contributed by atoms with van der Waals surface area (Å²) in [6, 6.07) is 2.29. The van der Waals surface area contributed by atoms with Gasteiger partial charge in [0, 0.05) is 32.1 Å². The number of hydrogen-bond acceptors (Lipinski definition) is 4. The Bertz CT molecular complexity index is 569. The van der Waals surface area contributed by atoms with Crippen LogP contribution in [0.5, 0.6) is 0 Å². The van der Waals surface area contributed by atoms with E-state index in [4.69, 9.17) is 10.8 Å². The number of carbonyl (C=O) groups is 2. The highest BCUT2D eigenvalue weighted by Gasteiger charge is 2.26. The number of carboxylic acids is 1. The minimum Gasteiger partial charge on any atom is -0.478 e. The molecule has 2 rings (SSSR count). The largest absolute Gasteiger partial charge is 0.478 e. The smallest absolute Gasteiger partial charge is 0.338 e. The Hall–Kier alpha value is -2.31. The molecule has 6 nitrogen and oxygen atoms in total. The molecule has 1 aliphatic heterocycles. The fourth-order valence-corrected chi connectivity index (χ4v) is 2.60. The molecule has 1 heterocycles. The van der Waals surface area contributed by atoms with Crippen molar-refractivity contribution in [3.05, 3.63) is 23.5 Å². The molecule has 0 saturated carbocycles. The number of nitrogens with two attached hydrogens (primary N) is 1. The first-order valence-electron chi connectivity index (χ1n) is 6.73. The molecular weight excluding hydrogens is 277 g/mol. The fourth-order valence-electron chi connectivity index (χ4n) is 2.60. The number of nitrogens with one attached hydrogen (secondary N) is 1. The van der Waals surface area contributed by atoms with Crippen LogP contribution >= 0.6 is 0 Å². The topological polar surface area (TPSA) is 95.7 Å². The third-order valence-corrected chi connectivity index (χ3v) is 3.80. The molecule has 114 valence electrons. The highest BCUT2D eigenvalue weighted by molar-refractivity contribution is 5.91. The summed E-state index contributed by atoms with van der Waals surface area (Å²) in [5, 5.41) is 11.5. The molecule has 0 aromatic heterocycles. The lowest BCUT2D eigenvalue weighted by atomic mass is 9.95. The zero-order valence-corrected chi connectivity index (χ0v) is 11.7. The van der Waals surface area contributed by atoms with Crippen molar-refractivity contribution in [1.29, 1.82) is 0 Å². The zero-order valence-electron chi connectivity index (χ0n) is 11.7. The maximum absolute atomic E-state index is 13.8. The minimum atomic E-state index is -1.34. The van der Waals surface area contributed by atoms with Gasteiger partial charge in [0.2, 0.25) is 5.91 Å². The molecule has 1 aromatic rings. The maximum atomic E-state index is 13.8. The third kappa shape index (κ3) is 3.07. The highest BCUT2D eigenvalue weighted by Crippen LogP contribution is 2.30. The molecule has 4 N–H and O–H groups in total. The standard InChI is InChI=1S/C14H18FN3O3/c1-17-13(19)8-2-4-18(5-3-8)12-7-10(15)9(14(20)21)6-11(12)16/h6-8H,2-5,16H2,1H3,(H,17,19)(H,20,21). The first kappa shape index (κ1) is 15.1. The summed E-state index contributed by atoms with van der Waals surface area (Å²) in [4.78, 5) is 24.3. The number of piperidine rings is 1. The Labute approximate surface area is 121 Å². The van der Waals surface area contributed by atoms with Gasteiger partial charge >= 0.3 is 5.97 Å². The van der Waals surface area contributed by atoms with Crippen molar-refractivity contribution in [1.82, 2.24) is 5.32 Å². The highest BCUT2D eigenvalue weighted by atomic mass is 19.1. The SMILES string of the molecule is CNC(=O)C1CCN(c2cc(F)c(C(=O)O)cc2N)CC1. The van der Waals surface area contributed by atoms with Gasteiger partial charge in [0.1, 0.15) is 5.82 Å². The van der Waals surface area contributed by atoms with Gasteiger partial charge in [-0.1, -0.05) is 0 Å². The first-order chi connectivity index (χ1) is 9.93. The number of nitrogen functional groups attached to an aromatic ring is 1. The van der Waals surface area contributed by atoms with Gasteiger partial charge in [0.05, 0.1) is 16.9 Å². The van der Waals surface area contributed by atoms with Crippen LogP contribution in [0.15, 0.2) is 12.1 Å². The number of amides is 1. The van der Waals surface area contributed by atoms with E-state index in [2.05, 4.69) is 5.32 Å². The van der Waals surface area contributed by atoms with Crippen molar-refractivity contribution >= 4 is 23.3 Å². The fraction of sp³-hybridized carbons (Fsp3) is 0.429. The molecule has 1 fully saturated rings. The Morgan fingerprint density at radius 2 is 2.00 bits per heavy atom. The number of hydrogen-bond donors (Lipinski definition) is 3. The van der Waals surface area contributed by atoms with Crippen LogP contribution in [-0.2, 0) is 4.79 Å². The van der Waals surface area contributed by atoms with Gasteiger partial charge < -0.3 is 21.1 Å². The molecular formula is C14H18FN3O3. The van der Waals surface area contributed by atoms with Gasteiger partial charge in [-0.2, -0.15) is 0 Å². The van der Waals surface area contributed by atoms with Crippen LogP contribution in [0.2, 0.25) is 0 Å². The van der Waals surface area contributed by atoms with Crippen LogP contribution in [0.3, 0.4) is 0 Å². The quantitative estimate of drug-likeness (QED) is 0.725. The van der Waals surface area contributed by atoms with E-state index in [0.29, 0.717) is 31.6 Å². The van der Waals surface area contributed by atoms with Gasteiger partial charge in [0.25, 0.3) is 0 Å². The van der Waals surface area contributed by atoms with Crippen LogP contribution < -0.4 is 16.0 Å². The second-order valence-corrected chi connectivity index (χ2v) is 5.07. The van der Waals surface area contributed by atoms with Crippen LogP contribution in [0.4, 0.5) is 15.8 Å². The third-order valence-electron chi connectivity index (χ3n) is 3.80. The van der Waals surface area contributed by atoms with Gasteiger partial charge in [-0.25, -0.2) is 9.18 Å². The number of aromatic carboxylic acids is 1. The van der Waals surface area contributed by atoms with Crippen molar-refractivity contribution in [2.24, 2.45) is 5.92 Å². The van der Waals surface area contributed by atoms with E-state index in [9.17, 15) is 14.0 Å². The zero-order chi connectivity index (χ0) is 15.6. The molecule has 0 bridgehead atoms. The van der Waals surface area contributed by atoms with E-state index in [1.165, 1.54) is 0 Å². The number of carbonyl (C=O) groups excluding carboxylic acids is 1. The molecule has 1 saturated heterocycles. The number of anilines is 2. The Morgan fingerprint density at radius 1 is 1.38 bits per heavy atom. The lowest BCUT2D eigenvalue weighted by molar-refractivity contribution is -0.125. The Kier molecular flexibility index (Phi) is 4.30. The second-order valence-electron chi connectivity index (χ2n) is 5.07. The van der Waals surface area contributed by atoms with Crippen molar-refractivity contribution in [2.45, 2.75) is 12.8 Å². The molecule has 0 radical (unpaired) electrons. The summed E-state index contributed by atoms with van der Waals surface area (Å²) in [7, 11) is 1.60. The molecule has 1 aliphatic rings. The van der Waals surface area contributed by atoms with Gasteiger partial charge in [-0.3, -0.25) is 4.79 Å².